The van der Waals surface area contributed by atoms with Crippen LogP contribution < -0.4 is 0 Å². The summed E-state index contributed by atoms with van der Waals surface area (Å²) in [5.41, 5.74) is -1.34. The zero-order valence-electron chi connectivity index (χ0n) is 18.0. The van der Waals surface area contributed by atoms with Crippen molar-refractivity contribution < 1.29 is 63.2 Å². The molecule has 0 unspecified atom stereocenters. The number of carbonyl (C=O) groups excluding carboxylic acids is 2. The van der Waals surface area contributed by atoms with Crippen LogP contribution in [0.5, 0.6) is 0 Å². The number of carbonyl (C=O) groups is 2. The number of aliphatic hydroxyl groups is 2. The molecule has 0 radical (unpaired) electrons. The standard InChI is InChI=1S/2C11H9F3O2.2ClH.Ti/c2*1-7(15)9(10(16)11(12,13)14)8-5-3-2-4-6-8;;;/h2*2-6,16H,1H3;2*1H;/q;;;;+2/p-2/b2*10-9+;;;. The van der Waals surface area contributed by atoms with Gasteiger partial charge in [0.1, 0.15) is 0 Å². The van der Waals surface area contributed by atoms with Crippen molar-refractivity contribution in [3.05, 3.63) is 83.3 Å². The third-order valence-corrected chi connectivity index (χ3v) is 3.84. The number of aliphatic hydroxyl groups excluding tert-OH is 2. The summed E-state index contributed by atoms with van der Waals surface area (Å²) in [5.74, 6) is -5.38. The monoisotopic (exact) mass is 578 g/mol. The van der Waals surface area contributed by atoms with Gasteiger partial charge in [-0.05, 0) is 25.0 Å². The fourth-order valence-corrected chi connectivity index (χ4v) is 2.51. The third kappa shape index (κ3) is 11.3. The topological polar surface area (TPSA) is 74.6 Å². The van der Waals surface area contributed by atoms with Gasteiger partial charge in [-0.1, -0.05) is 60.7 Å². The van der Waals surface area contributed by atoms with Crippen LogP contribution in [0.2, 0.25) is 0 Å². The van der Waals surface area contributed by atoms with Gasteiger partial charge in [0.15, 0.2) is 11.6 Å². The van der Waals surface area contributed by atoms with Crippen LogP contribution in [0, 0.1) is 0 Å². The molecular weight excluding hydrogens is 561 g/mol. The number of hydrogen-bond donors (Lipinski definition) is 2. The maximum atomic E-state index is 12.3. The molecule has 0 spiro atoms. The van der Waals surface area contributed by atoms with Gasteiger partial charge in [-0.3, -0.25) is 9.59 Å². The van der Waals surface area contributed by atoms with Gasteiger partial charge in [-0.2, -0.15) is 26.3 Å². The van der Waals surface area contributed by atoms with Gasteiger partial charge < -0.3 is 10.2 Å². The summed E-state index contributed by atoms with van der Waals surface area (Å²) in [4.78, 5) is 22.2. The Morgan fingerprint density at radius 3 is 1.06 bits per heavy atom. The molecule has 2 rings (SSSR count). The number of Topliss-reactive ketones (excluding diaryl/α,β-unsaturated/α-hetero) is 2. The zero-order valence-corrected chi connectivity index (χ0v) is 21.1. The SMILES string of the molecule is CC(=O)/C(=C(\O)C(F)(F)F)c1ccccc1.CC(=O)/C(=C(\O)C(F)(F)F)c1ccccc1.[Cl][Ti][Cl]. The fourth-order valence-electron chi connectivity index (χ4n) is 2.51. The number of benzene rings is 2. The molecule has 2 aromatic rings. The molecule has 0 bridgehead atoms. The quantitative estimate of drug-likeness (QED) is 0.170. The number of halogens is 8. The molecule has 0 aliphatic heterocycles. The maximum absolute atomic E-state index is 12.3. The number of hydrogen-bond acceptors (Lipinski definition) is 4. The molecule has 35 heavy (non-hydrogen) atoms. The van der Waals surface area contributed by atoms with E-state index < -0.39 is 63.6 Å². The molecule has 190 valence electrons. The van der Waals surface area contributed by atoms with Crippen LogP contribution in [-0.4, -0.2) is 34.1 Å². The van der Waals surface area contributed by atoms with E-state index in [1.54, 1.807) is 12.1 Å². The Labute approximate surface area is 213 Å². The number of allylic oxidation sites excluding steroid dienone is 4. The Morgan fingerprint density at radius 2 is 0.886 bits per heavy atom. The second-order valence-electron chi connectivity index (χ2n) is 6.36. The van der Waals surface area contributed by atoms with Gasteiger partial charge in [0.05, 0.1) is 11.1 Å². The zero-order chi connectivity index (χ0) is 27.4. The van der Waals surface area contributed by atoms with Crippen molar-refractivity contribution in [2.45, 2.75) is 26.2 Å². The minimum atomic E-state index is -4.92. The summed E-state index contributed by atoms with van der Waals surface area (Å²) >= 11 is -0.556. The molecule has 0 saturated heterocycles. The molecule has 13 heteroatoms. The Morgan fingerprint density at radius 1 is 0.657 bits per heavy atom. The van der Waals surface area contributed by atoms with Crippen LogP contribution >= 0.6 is 18.6 Å². The van der Waals surface area contributed by atoms with Crippen LogP contribution in [0.4, 0.5) is 26.3 Å². The molecule has 0 amide bonds. The summed E-state index contributed by atoms with van der Waals surface area (Å²) in [7, 11) is 9.78. The first-order chi connectivity index (χ1) is 16.1. The van der Waals surface area contributed by atoms with Crippen LogP contribution in [0.15, 0.2) is 72.2 Å². The average Bonchev–Trinajstić information content (AvgIpc) is 2.75. The minimum absolute atomic E-state index is 0.0461. The predicted octanol–water partition coefficient (Wildman–Crippen LogP) is 7.59. The Hall–Kier alpha value is -2.27. The van der Waals surface area contributed by atoms with E-state index in [4.69, 9.17) is 28.8 Å². The first kappa shape index (κ1) is 32.7. The fraction of sp³-hybridized carbons (Fsp3) is 0.182. The molecule has 0 saturated carbocycles. The first-order valence-corrected chi connectivity index (χ1v) is 13.5. The van der Waals surface area contributed by atoms with E-state index in [1.165, 1.54) is 48.5 Å². The summed E-state index contributed by atoms with van der Waals surface area (Å²) in [5, 5.41) is 18.0. The summed E-state index contributed by atoms with van der Waals surface area (Å²) in [6.07, 6.45) is -9.84. The van der Waals surface area contributed by atoms with Crippen LogP contribution in [0.25, 0.3) is 11.1 Å². The van der Waals surface area contributed by atoms with E-state index in [9.17, 15) is 35.9 Å². The first-order valence-electron chi connectivity index (χ1n) is 9.19. The van der Waals surface area contributed by atoms with Gasteiger partial charge in [-0.15, -0.1) is 0 Å². The van der Waals surface area contributed by atoms with Gasteiger partial charge in [0, 0.05) is 0 Å². The van der Waals surface area contributed by atoms with Crippen LogP contribution in [0.1, 0.15) is 25.0 Å². The third-order valence-electron chi connectivity index (χ3n) is 3.84. The molecule has 0 aliphatic rings. The van der Waals surface area contributed by atoms with Crippen molar-refractivity contribution in [3.63, 3.8) is 0 Å². The van der Waals surface area contributed by atoms with Crippen LogP contribution in [0.3, 0.4) is 0 Å². The molecular formula is C22H18Cl2F6O4Ti. The molecule has 2 N–H and O–H groups in total. The summed E-state index contributed by atoms with van der Waals surface area (Å²) < 4.78 is 73.7. The molecule has 0 heterocycles. The normalized spacial score (nSPS) is 12.5. The second-order valence-corrected chi connectivity index (χ2v) is 8.94. The Bertz CT molecular complexity index is 954. The number of alkyl halides is 6. The second kappa shape index (κ2) is 15.0. The van der Waals surface area contributed by atoms with E-state index in [1.807, 2.05) is 0 Å². The number of rotatable bonds is 4. The molecule has 0 atom stereocenters. The van der Waals surface area contributed by atoms with E-state index in [2.05, 4.69) is 0 Å². The summed E-state index contributed by atoms with van der Waals surface area (Å²) in [6, 6.07) is 14.5. The average molecular weight is 579 g/mol. The van der Waals surface area contributed by atoms with E-state index >= 15 is 0 Å². The van der Waals surface area contributed by atoms with Gasteiger partial charge >= 0.3 is 48.0 Å². The van der Waals surface area contributed by atoms with Crippen molar-refractivity contribution in [1.82, 2.24) is 0 Å². The van der Waals surface area contributed by atoms with Gasteiger partial charge in [0.2, 0.25) is 11.5 Å². The van der Waals surface area contributed by atoms with Crippen molar-refractivity contribution >= 4 is 41.3 Å². The molecule has 0 fully saturated rings. The molecule has 0 aliphatic carbocycles. The number of ketones is 2. The van der Waals surface area contributed by atoms with Crippen molar-refractivity contribution in [2.24, 2.45) is 0 Å². The van der Waals surface area contributed by atoms with E-state index in [0.717, 1.165) is 13.8 Å². The predicted molar refractivity (Wildman–Crippen MR) is 117 cm³/mol. The van der Waals surface area contributed by atoms with Crippen molar-refractivity contribution in [1.29, 1.82) is 0 Å². The summed E-state index contributed by atoms with van der Waals surface area (Å²) in [6.45, 7) is 1.95. The van der Waals surface area contributed by atoms with Crippen LogP contribution in [-0.2, 0) is 26.6 Å². The van der Waals surface area contributed by atoms with E-state index in [-0.39, 0.29) is 11.1 Å². The molecule has 0 aromatic heterocycles. The Kier molecular flexibility index (Phi) is 14.0. The Balaban J connectivity index is 0.000000594. The van der Waals surface area contributed by atoms with Gasteiger partial charge in [-0.25, -0.2) is 0 Å². The van der Waals surface area contributed by atoms with Gasteiger partial charge in [0.25, 0.3) is 0 Å². The van der Waals surface area contributed by atoms with E-state index in [0.29, 0.717) is 0 Å². The van der Waals surface area contributed by atoms with Crippen molar-refractivity contribution in [2.75, 3.05) is 0 Å². The van der Waals surface area contributed by atoms with Crippen molar-refractivity contribution in [3.8, 4) is 0 Å². The molecule has 4 nitrogen and oxygen atoms in total. The molecule has 2 aromatic carbocycles.